The zero-order chi connectivity index (χ0) is 23.6. The summed E-state index contributed by atoms with van der Waals surface area (Å²) in [5.41, 5.74) is 2.78. The molecule has 1 heterocycles. The summed E-state index contributed by atoms with van der Waals surface area (Å²) in [5, 5.41) is 0. The van der Waals surface area contributed by atoms with Crippen molar-refractivity contribution in [3.8, 4) is 0 Å². The summed E-state index contributed by atoms with van der Waals surface area (Å²) in [5.74, 6) is -0.837. The number of benzene rings is 1. The van der Waals surface area contributed by atoms with Crippen LogP contribution in [0.5, 0.6) is 0 Å². The maximum absolute atomic E-state index is 13.6. The van der Waals surface area contributed by atoms with Gasteiger partial charge < -0.3 is 9.30 Å². The molecule has 1 fully saturated rings. The largest absolute Gasteiger partial charge is 0.464 e. The smallest absolute Gasteiger partial charge is 0.354 e. The fraction of sp³-hybridized carbons (Fsp3) is 0.500. The maximum Gasteiger partial charge on any atom is 0.354 e. The zero-order valence-electron chi connectivity index (χ0n) is 19.5. The first-order chi connectivity index (χ1) is 15.1. The molecule has 0 bridgehead atoms. The van der Waals surface area contributed by atoms with Crippen molar-refractivity contribution in [2.45, 2.75) is 63.8 Å². The normalized spacial score (nSPS) is 15.2. The van der Waals surface area contributed by atoms with Gasteiger partial charge in [-0.2, -0.15) is 4.31 Å². The van der Waals surface area contributed by atoms with E-state index in [0.29, 0.717) is 22.5 Å². The lowest BCUT2D eigenvalue weighted by molar-refractivity contribution is 0.0588. The highest BCUT2D eigenvalue weighted by atomic mass is 32.2. The molecule has 0 amide bonds. The van der Waals surface area contributed by atoms with Crippen molar-refractivity contribution in [1.82, 2.24) is 8.87 Å². The van der Waals surface area contributed by atoms with Crippen LogP contribution in [-0.2, 0) is 21.8 Å². The summed E-state index contributed by atoms with van der Waals surface area (Å²) < 4.78 is 35.1. The van der Waals surface area contributed by atoms with Crippen molar-refractivity contribution < 1.29 is 22.7 Å². The molecule has 2 aromatic rings. The minimum absolute atomic E-state index is 0.193. The van der Waals surface area contributed by atoms with E-state index in [-0.39, 0.29) is 23.3 Å². The second kappa shape index (κ2) is 9.58. The molecule has 0 N–H and O–H groups in total. The van der Waals surface area contributed by atoms with Gasteiger partial charge in [0, 0.05) is 24.3 Å². The topological polar surface area (TPSA) is 85.7 Å². The van der Waals surface area contributed by atoms with Crippen molar-refractivity contribution in [2.75, 3.05) is 13.7 Å². The minimum Gasteiger partial charge on any atom is -0.464 e. The Morgan fingerprint density at radius 2 is 1.66 bits per heavy atom. The highest BCUT2D eigenvalue weighted by Crippen LogP contribution is 2.30. The molecule has 0 saturated heterocycles. The van der Waals surface area contributed by atoms with Gasteiger partial charge in [-0.1, -0.05) is 37.0 Å². The summed E-state index contributed by atoms with van der Waals surface area (Å²) in [6.07, 6.45) is 4.42. The van der Waals surface area contributed by atoms with Crippen molar-refractivity contribution in [3.05, 3.63) is 52.3 Å². The Labute approximate surface area is 190 Å². The summed E-state index contributed by atoms with van der Waals surface area (Å²) in [7, 11) is -0.859. The van der Waals surface area contributed by atoms with E-state index in [0.717, 1.165) is 37.7 Å². The highest BCUT2D eigenvalue weighted by Gasteiger charge is 2.35. The number of nitrogens with zero attached hydrogens (tertiary/aromatic N) is 2. The van der Waals surface area contributed by atoms with Gasteiger partial charge in [0.15, 0.2) is 5.78 Å². The number of Topliss-reactive ketones (excluding diaryl/α,β-unsaturated/α-hetero) is 1. The molecule has 1 aromatic heterocycles. The van der Waals surface area contributed by atoms with Crippen LogP contribution in [0.25, 0.3) is 0 Å². The molecular formula is C24H32N2O5S. The third-order valence-corrected chi connectivity index (χ3v) is 8.41. The van der Waals surface area contributed by atoms with Gasteiger partial charge in [-0.15, -0.1) is 0 Å². The van der Waals surface area contributed by atoms with Crippen LogP contribution < -0.4 is 0 Å². The van der Waals surface area contributed by atoms with Gasteiger partial charge in [0.1, 0.15) is 5.69 Å². The van der Waals surface area contributed by atoms with Gasteiger partial charge in [0.25, 0.3) is 0 Å². The Kier molecular flexibility index (Phi) is 7.25. The average molecular weight is 461 g/mol. The minimum atomic E-state index is -3.86. The molecule has 32 heavy (non-hydrogen) atoms. The lowest BCUT2D eigenvalue weighted by Gasteiger charge is -2.33. The highest BCUT2D eigenvalue weighted by molar-refractivity contribution is 7.89. The standard InChI is InChI=1S/C24H32N2O5S/c1-16-11-13-20(14-12-16)32(29,30)26(19-9-7-6-8-10-19)15-21(27)22-17(2)23(24(28)31-5)25(4)18(22)3/h11-14,19H,6-10,15H2,1-5H3. The number of ether oxygens (including phenoxy) is 1. The number of methoxy groups -OCH3 is 1. The number of rotatable bonds is 7. The number of aryl methyl sites for hydroxylation is 1. The summed E-state index contributed by atoms with van der Waals surface area (Å²) in [6.45, 7) is 5.10. The van der Waals surface area contributed by atoms with Gasteiger partial charge in [-0.25, -0.2) is 13.2 Å². The van der Waals surface area contributed by atoms with Crippen LogP contribution in [-0.4, -0.2) is 48.7 Å². The molecule has 8 heteroatoms. The number of ketones is 1. The number of hydrogen-bond acceptors (Lipinski definition) is 5. The van der Waals surface area contributed by atoms with Gasteiger partial charge >= 0.3 is 5.97 Å². The number of hydrogen-bond donors (Lipinski definition) is 0. The van der Waals surface area contributed by atoms with E-state index in [2.05, 4.69) is 0 Å². The lowest BCUT2D eigenvalue weighted by Crippen LogP contribution is -2.44. The van der Waals surface area contributed by atoms with Crippen molar-refractivity contribution in [3.63, 3.8) is 0 Å². The Bertz CT molecular complexity index is 1110. The molecule has 0 spiro atoms. The van der Waals surface area contributed by atoms with Crippen LogP contribution in [0.1, 0.15) is 69.8 Å². The van der Waals surface area contributed by atoms with Gasteiger partial charge in [0.2, 0.25) is 10.0 Å². The van der Waals surface area contributed by atoms with Crippen LogP contribution in [0.15, 0.2) is 29.2 Å². The molecule has 1 aromatic carbocycles. The van der Waals surface area contributed by atoms with Crippen LogP contribution in [0.3, 0.4) is 0 Å². The number of sulfonamides is 1. The Hall–Kier alpha value is -2.45. The SMILES string of the molecule is COC(=O)c1c(C)c(C(=O)CN(C2CCCCC2)S(=O)(=O)c2ccc(C)cc2)c(C)n1C. The summed E-state index contributed by atoms with van der Waals surface area (Å²) in [4.78, 5) is 25.9. The van der Waals surface area contributed by atoms with Gasteiger partial charge in [0.05, 0.1) is 18.6 Å². The van der Waals surface area contributed by atoms with Crippen LogP contribution >= 0.6 is 0 Å². The Morgan fingerprint density at radius 3 is 2.22 bits per heavy atom. The third-order valence-electron chi connectivity index (χ3n) is 6.50. The van der Waals surface area contributed by atoms with E-state index in [9.17, 15) is 18.0 Å². The average Bonchev–Trinajstić information content (AvgIpc) is 3.00. The molecule has 0 aliphatic heterocycles. The second-order valence-corrected chi connectivity index (χ2v) is 10.5. The van der Waals surface area contributed by atoms with Gasteiger partial charge in [-0.05, 0) is 51.3 Å². The molecule has 0 atom stereocenters. The molecular weight excluding hydrogens is 428 g/mol. The number of esters is 1. The van der Waals surface area contributed by atoms with E-state index >= 15 is 0 Å². The summed E-state index contributed by atoms with van der Waals surface area (Å²) in [6, 6.07) is 6.51. The number of aromatic nitrogens is 1. The molecule has 1 saturated carbocycles. The molecule has 7 nitrogen and oxygen atoms in total. The van der Waals surface area contributed by atoms with Crippen molar-refractivity contribution >= 4 is 21.8 Å². The molecule has 1 aliphatic carbocycles. The molecule has 1 aliphatic rings. The van der Waals surface area contributed by atoms with E-state index in [4.69, 9.17) is 4.74 Å². The first-order valence-corrected chi connectivity index (χ1v) is 12.4. The van der Waals surface area contributed by atoms with E-state index in [1.807, 2.05) is 6.92 Å². The molecule has 3 rings (SSSR count). The van der Waals surface area contributed by atoms with E-state index in [1.165, 1.54) is 11.4 Å². The monoisotopic (exact) mass is 460 g/mol. The van der Waals surface area contributed by atoms with Crippen molar-refractivity contribution in [2.24, 2.45) is 7.05 Å². The van der Waals surface area contributed by atoms with Crippen LogP contribution in [0.4, 0.5) is 0 Å². The van der Waals surface area contributed by atoms with Crippen LogP contribution in [0.2, 0.25) is 0 Å². The van der Waals surface area contributed by atoms with Crippen molar-refractivity contribution in [1.29, 1.82) is 0 Å². The maximum atomic E-state index is 13.6. The number of carbonyl (C=O) groups is 2. The predicted molar refractivity (Wildman–Crippen MR) is 123 cm³/mol. The van der Waals surface area contributed by atoms with E-state index in [1.54, 1.807) is 49.7 Å². The molecule has 0 unspecified atom stereocenters. The fourth-order valence-electron chi connectivity index (χ4n) is 4.62. The molecule has 174 valence electrons. The summed E-state index contributed by atoms with van der Waals surface area (Å²) >= 11 is 0. The Balaban J connectivity index is 2.02. The lowest BCUT2D eigenvalue weighted by atomic mass is 9.95. The zero-order valence-corrected chi connectivity index (χ0v) is 20.3. The Morgan fingerprint density at radius 1 is 1.06 bits per heavy atom. The quantitative estimate of drug-likeness (QED) is 0.461. The number of carbonyl (C=O) groups excluding carboxylic acids is 2. The second-order valence-electron chi connectivity index (χ2n) is 8.56. The fourth-order valence-corrected chi connectivity index (χ4v) is 6.26. The van der Waals surface area contributed by atoms with Gasteiger partial charge in [-0.3, -0.25) is 4.79 Å². The predicted octanol–water partition coefficient (Wildman–Crippen LogP) is 3.94. The van der Waals surface area contributed by atoms with Crippen LogP contribution in [0, 0.1) is 20.8 Å². The first kappa shape index (κ1) is 24.2. The molecule has 0 radical (unpaired) electrons. The third kappa shape index (κ3) is 4.52. The van der Waals surface area contributed by atoms with E-state index < -0.39 is 16.0 Å². The first-order valence-electron chi connectivity index (χ1n) is 11.0.